The van der Waals surface area contributed by atoms with E-state index in [0.717, 1.165) is 29.6 Å². The van der Waals surface area contributed by atoms with Crippen molar-refractivity contribution in [2.75, 3.05) is 0 Å². The SMILES string of the molecule is CCCC(C)=CCCCC1CCCC2C(C)C(C)CC12. The summed E-state index contributed by atoms with van der Waals surface area (Å²) in [7, 11) is 0. The highest BCUT2D eigenvalue weighted by molar-refractivity contribution is 4.98. The van der Waals surface area contributed by atoms with Gasteiger partial charge >= 0.3 is 0 Å². The Labute approximate surface area is 127 Å². The van der Waals surface area contributed by atoms with Crippen LogP contribution in [0.5, 0.6) is 0 Å². The van der Waals surface area contributed by atoms with Gasteiger partial charge < -0.3 is 0 Å². The molecule has 0 aromatic carbocycles. The molecule has 0 nitrogen and oxygen atoms in total. The maximum Gasteiger partial charge on any atom is -0.0326 e. The molecule has 5 unspecified atom stereocenters. The molecule has 0 amide bonds. The lowest BCUT2D eigenvalue weighted by Gasteiger charge is -2.35. The van der Waals surface area contributed by atoms with Gasteiger partial charge in [0.25, 0.3) is 0 Å². The highest BCUT2D eigenvalue weighted by atomic mass is 14.5. The van der Waals surface area contributed by atoms with Crippen molar-refractivity contribution in [3.05, 3.63) is 11.6 Å². The summed E-state index contributed by atoms with van der Waals surface area (Å²) in [5, 5.41) is 0. The molecule has 0 aromatic heterocycles. The van der Waals surface area contributed by atoms with Gasteiger partial charge in [0.05, 0.1) is 0 Å². The van der Waals surface area contributed by atoms with E-state index in [9.17, 15) is 0 Å². The number of fused-ring (bicyclic) bond motifs is 1. The Bertz CT molecular complexity index is 314. The van der Waals surface area contributed by atoms with Crippen molar-refractivity contribution in [3.63, 3.8) is 0 Å². The lowest BCUT2D eigenvalue weighted by molar-refractivity contribution is 0.148. The van der Waals surface area contributed by atoms with Gasteiger partial charge in [-0.15, -0.1) is 0 Å². The molecule has 0 bridgehead atoms. The highest BCUT2D eigenvalue weighted by Crippen LogP contribution is 2.52. The predicted molar refractivity (Wildman–Crippen MR) is 89.8 cm³/mol. The molecule has 0 heteroatoms. The Balaban J connectivity index is 1.77. The molecule has 2 aliphatic rings. The smallest absolute Gasteiger partial charge is 0.0326 e. The van der Waals surface area contributed by atoms with E-state index in [1.807, 2.05) is 0 Å². The molecule has 0 radical (unpaired) electrons. The molecular weight excluding hydrogens is 240 g/mol. The molecule has 2 rings (SSSR count). The van der Waals surface area contributed by atoms with Gasteiger partial charge in [-0.3, -0.25) is 0 Å². The molecule has 2 saturated carbocycles. The van der Waals surface area contributed by atoms with Crippen LogP contribution in [0.4, 0.5) is 0 Å². The Morgan fingerprint density at radius 1 is 1.15 bits per heavy atom. The molecule has 0 N–H and O–H groups in total. The van der Waals surface area contributed by atoms with Crippen LogP contribution >= 0.6 is 0 Å². The summed E-state index contributed by atoms with van der Waals surface area (Å²) in [5.41, 5.74) is 1.61. The van der Waals surface area contributed by atoms with E-state index in [4.69, 9.17) is 0 Å². The Morgan fingerprint density at radius 2 is 1.95 bits per heavy atom. The van der Waals surface area contributed by atoms with Gasteiger partial charge in [0.15, 0.2) is 0 Å². The standard InChI is InChI=1S/C20H36/c1-5-9-15(2)10-6-7-11-18-12-8-13-19-17(4)16(3)14-20(18)19/h10,16-20H,5-9,11-14H2,1-4H3. The van der Waals surface area contributed by atoms with Gasteiger partial charge in [-0.25, -0.2) is 0 Å². The summed E-state index contributed by atoms with van der Waals surface area (Å²) in [6.45, 7) is 9.61. The molecule has 2 aliphatic carbocycles. The molecule has 0 saturated heterocycles. The zero-order valence-corrected chi connectivity index (χ0v) is 14.3. The van der Waals surface area contributed by atoms with E-state index in [0.29, 0.717) is 0 Å². The fraction of sp³-hybridized carbons (Fsp3) is 0.900. The summed E-state index contributed by atoms with van der Waals surface area (Å²) in [6, 6.07) is 0. The molecule has 20 heavy (non-hydrogen) atoms. The summed E-state index contributed by atoms with van der Waals surface area (Å²) in [5.74, 6) is 5.18. The van der Waals surface area contributed by atoms with Crippen molar-refractivity contribution in [1.29, 1.82) is 0 Å². The minimum absolute atomic E-state index is 0.984. The second-order valence-electron chi connectivity index (χ2n) is 7.82. The molecule has 0 aliphatic heterocycles. The molecule has 0 heterocycles. The van der Waals surface area contributed by atoms with Gasteiger partial charge in [-0.1, -0.05) is 51.7 Å². The lowest BCUT2D eigenvalue weighted by atomic mass is 9.70. The first-order chi connectivity index (χ1) is 9.63. The van der Waals surface area contributed by atoms with Crippen molar-refractivity contribution in [2.45, 2.75) is 85.5 Å². The van der Waals surface area contributed by atoms with E-state index in [2.05, 4.69) is 33.8 Å². The average Bonchev–Trinajstić information content (AvgIpc) is 2.72. The number of hydrogen-bond acceptors (Lipinski definition) is 0. The predicted octanol–water partition coefficient (Wildman–Crippen LogP) is 6.61. The zero-order valence-electron chi connectivity index (χ0n) is 14.3. The first-order valence-corrected chi connectivity index (χ1v) is 9.29. The van der Waals surface area contributed by atoms with Crippen LogP contribution in [-0.2, 0) is 0 Å². The van der Waals surface area contributed by atoms with Gasteiger partial charge in [-0.05, 0) is 75.0 Å². The van der Waals surface area contributed by atoms with E-state index in [1.54, 1.807) is 5.57 Å². The molecular formula is C20H36. The Kier molecular flexibility index (Phi) is 6.18. The van der Waals surface area contributed by atoms with Gasteiger partial charge in [0.1, 0.15) is 0 Å². The summed E-state index contributed by atoms with van der Waals surface area (Å²) >= 11 is 0. The minimum atomic E-state index is 0.984. The number of rotatable bonds is 6. The third-order valence-corrected chi connectivity index (χ3v) is 6.40. The minimum Gasteiger partial charge on any atom is -0.0856 e. The van der Waals surface area contributed by atoms with E-state index in [1.165, 1.54) is 57.8 Å². The van der Waals surface area contributed by atoms with Crippen LogP contribution in [0.25, 0.3) is 0 Å². The maximum atomic E-state index is 2.52. The molecule has 116 valence electrons. The summed E-state index contributed by atoms with van der Waals surface area (Å²) in [4.78, 5) is 0. The number of unbranched alkanes of at least 4 members (excludes halogenated alkanes) is 1. The third kappa shape index (κ3) is 3.89. The van der Waals surface area contributed by atoms with Crippen LogP contribution in [0.2, 0.25) is 0 Å². The Hall–Kier alpha value is -0.260. The van der Waals surface area contributed by atoms with Gasteiger partial charge in [0.2, 0.25) is 0 Å². The normalized spacial score (nSPS) is 38.0. The molecule has 5 atom stereocenters. The van der Waals surface area contributed by atoms with Crippen LogP contribution in [-0.4, -0.2) is 0 Å². The molecule has 0 aromatic rings. The van der Waals surface area contributed by atoms with Crippen LogP contribution in [0.15, 0.2) is 11.6 Å². The number of hydrogen-bond donors (Lipinski definition) is 0. The van der Waals surface area contributed by atoms with Crippen molar-refractivity contribution < 1.29 is 0 Å². The molecule has 0 spiro atoms. The average molecular weight is 277 g/mol. The molecule has 2 fully saturated rings. The van der Waals surface area contributed by atoms with Crippen LogP contribution < -0.4 is 0 Å². The quantitative estimate of drug-likeness (QED) is 0.378. The van der Waals surface area contributed by atoms with Crippen LogP contribution in [0.1, 0.15) is 85.5 Å². The van der Waals surface area contributed by atoms with Crippen LogP contribution in [0.3, 0.4) is 0 Å². The van der Waals surface area contributed by atoms with Crippen LogP contribution in [0, 0.1) is 29.6 Å². The largest absolute Gasteiger partial charge is 0.0856 e. The van der Waals surface area contributed by atoms with Crippen molar-refractivity contribution in [2.24, 2.45) is 29.6 Å². The highest BCUT2D eigenvalue weighted by Gasteiger charge is 2.43. The van der Waals surface area contributed by atoms with E-state index >= 15 is 0 Å². The first-order valence-electron chi connectivity index (χ1n) is 9.29. The summed E-state index contributed by atoms with van der Waals surface area (Å²) in [6.07, 6.45) is 15.4. The van der Waals surface area contributed by atoms with Crippen molar-refractivity contribution >= 4 is 0 Å². The second-order valence-corrected chi connectivity index (χ2v) is 7.82. The van der Waals surface area contributed by atoms with E-state index in [-0.39, 0.29) is 0 Å². The fourth-order valence-electron chi connectivity index (χ4n) is 5.06. The van der Waals surface area contributed by atoms with Gasteiger partial charge in [0, 0.05) is 0 Å². The zero-order chi connectivity index (χ0) is 14.5. The van der Waals surface area contributed by atoms with Crippen molar-refractivity contribution in [3.8, 4) is 0 Å². The fourth-order valence-corrected chi connectivity index (χ4v) is 5.06. The lowest BCUT2D eigenvalue weighted by Crippen LogP contribution is -2.26. The topological polar surface area (TPSA) is 0 Å². The second kappa shape index (κ2) is 7.66. The Morgan fingerprint density at radius 3 is 2.70 bits per heavy atom. The number of allylic oxidation sites excluding steroid dienone is 2. The van der Waals surface area contributed by atoms with E-state index < -0.39 is 0 Å². The maximum absolute atomic E-state index is 2.52. The van der Waals surface area contributed by atoms with Crippen molar-refractivity contribution in [1.82, 2.24) is 0 Å². The van der Waals surface area contributed by atoms with Gasteiger partial charge in [-0.2, -0.15) is 0 Å². The summed E-state index contributed by atoms with van der Waals surface area (Å²) < 4.78 is 0. The monoisotopic (exact) mass is 276 g/mol. The first kappa shape index (κ1) is 16.1. The third-order valence-electron chi connectivity index (χ3n) is 6.40.